The summed E-state index contributed by atoms with van der Waals surface area (Å²) >= 11 is 1.30. The second kappa shape index (κ2) is 9.94. The number of aromatic nitrogens is 2. The molecule has 3 rings (SSSR count). The van der Waals surface area contributed by atoms with Crippen molar-refractivity contribution >= 4 is 34.9 Å². The van der Waals surface area contributed by atoms with E-state index in [2.05, 4.69) is 15.3 Å². The third-order valence-electron chi connectivity index (χ3n) is 4.90. The number of rotatable bonds is 6. The SMILES string of the molecule is CC(C)(C)OC(=O)N1CCCC(C(NC=O)c2cccc(-c3csc(N=C(N)N)n3)n2)C1. The summed E-state index contributed by atoms with van der Waals surface area (Å²) in [6.07, 6.45) is 1.99. The fourth-order valence-corrected chi connectivity index (χ4v) is 4.32. The van der Waals surface area contributed by atoms with E-state index in [1.165, 1.54) is 11.3 Å². The van der Waals surface area contributed by atoms with Crippen LogP contribution in [-0.2, 0) is 9.53 Å². The predicted molar refractivity (Wildman–Crippen MR) is 123 cm³/mol. The quantitative estimate of drug-likeness (QED) is 0.341. The standard InChI is InChI=1S/C21H29N7O3S/c1-21(2,3)31-20(30)28-9-5-6-13(10-28)17(24-12-29)15-8-4-7-14(25-15)16-11-32-19(26-16)27-18(22)23/h4,7-8,11-13,17H,5-6,9-10H2,1-3H3,(H,24,29)(H4,22,23,26,27). The minimum atomic E-state index is -0.564. The Labute approximate surface area is 191 Å². The number of hydrogen-bond acceptors (Lipinski definition) is 7. The molecule has 2 atom stereocenters. The van der Waals surface area contributed by atoms with E-state index in [-0.39, 0.29) is 24.0 Å². The molecule has 2 unspecified atom stereocenters. The zero-order valence-electron chi connectivity index (χ0n) is 18.4. The number of guanidine groups is 1. The number of ether oxygens (including phenoxy) is 1. The third kappa shape index (κ3) is 6.16. The molecule has 32 heavy (non-hydrogen) atoms. The van der Waals surface area contributed by atoms with Crippen LogP contribution in [0.2, 0.25) is 0 Å². The van der Waals surface area contributed by atoms with Crippen molar-refractivity contribution in [2.24, 2.45) is 22.4 Å². The van der Waals surface area contributed by atoms with Gasteiger partial charge in [-0.1, -0.05) is 6.07 Å². The number of pyridine rings is 1. The van der Waals surface area contributed by atoms with E-state index < -0.39 is 5.60 Å². The van der Waals surface area contributed by atoms with Crippen molar-refractivity contribution in [2.75, 3.05) is 13.1 Å². The highest BCUT2D eigenvalue weighted by Crippen LogP contribution is 2.31. The summed E-state index contributed by atoms with van der Waals surface area (Å²) in [5, 5.41) is 5.15. The van der Waals surface area contributed by atoms with Crippen molar-refractivity contribution in [3.8, 4) is 11.4 Å². The van der Waals surface area contributed by atoms with Crippen LogP contribution in [0.3, 0.4) is 0 Å². The number of carbonyl (C=O) groups is 2. The van der Waals surface area contributed by atoms with Crippen LogP contribution >= 0.6 is 11.3 Å². The Morgan fingerprint density at radius 2 is 2.12 bits per heavy atom. The van der Waals surface area contributed by atoms with Gasteiger partial charge in [0.25, 0.3) is 0 Å². The largest absolute Gasteiger partial charge is 0.444 e. The van der Waals surface area contributed by atoms with Gasteiger partial charge in [-0.3, -0.25) is 4.79 Å². The minimum Gasteiger partial charge on any atom is -0.444 e. The summed E-state index contributed by atoms with van der Waals surface area (Å²) in [4.78, 5) is 38.8. The number of nitrogens with one attached hydrogen (secondary N) is 1. The van der Waals surface area contributed by atoms with Gasteiger partial charge < -0.3 is 26.4 Å². The maximum absolute atomic E-state index is 12.6. The molecule has 0 bridgehead atoms. The lowest BCUT2D eigenvalue weighted by Crippen LogP contribution is -2.46. The number of carbonyl (C=O) groups excluding carboxylic acids is 2. The average molecular weight is 460 g/mol. The van der Waals surface area contributed by atoms with Gasteiger partial charge in [0.1, 0.15) is 11.3 Å². The first kappa shape index (κ1) is 23.5. The number of hydrogen-bond donors (Lipinski definition) is 3. The summed E-state index contributed by atoms with van der Waals surface area (Å²) in [6.45, 7) is 6.62. The number of nitrogens with two attached hydrogens (primary N) is 2. The van der Waals surface area contributed by atoms with Crippen molar-refractivity contribution in [1.82, 2.24) is 20.2 Å². The number of likely N-dealkylation sites (tertiary alicyclic amines) is 1. The van der Waals surface area contributed by atoms with Crippen LogP contribution in [0.25, 0.3) is 11.4 Å². The van der Waals surface area contributed by atoms with Crippen LogP contribution in [0.15, 0.2) is 28.6 Å². The molecule has 0 aromatic carbocycles. The second-order valence-corrected chi connectivity index (χ2v) is 9.43. The molecule has 172 valence electrons. The van der Waals surface area contributed by atoms with E-state index in [1.54, 1.807) is 4.90 Å². The van der Waals surface area contributed by atoms with Gasteiger partial charge in [0.2, 0.25) is 11.5 Å². The van der Waals surface area contributed by atoms with Crippen LogP contribution in [-0.4, -0.2) is 52.0 Å². The molecule has 5 N–H and O–H groups in total. The van der Waals surface area contributed by atoms with E-state index in [1.807, 2.05) is 44.4 Å². The van der Waals surface area contributed by atoms with E-state index in [0.717, 1.165) is 12.8 Å². The van der Waals surface area contributed by atoms with Crippen molar-refractivity contribution in [2.45, 2.75) is 45.3 Å². The Kier molecular flexibility index (Phi) is 7.29. The normalized spacial score (nSPS) is 17.3. The molecule has 0 saturated carbocycles. The molecule has 0 radical (unpaired) electrons. The number of amides is 2. The highest BCUT2D eigenvalue weighted by molar-refractivity contribution is 7.13. The molecule has 2 aromatic rings. The monoisotopic (exact) mass is 459 g/mol. The van der Waals surface area contributed by atoms with Crippen LogP contribution in [0.4, 0.5) is 9.93 Å². The van der Waals surface area contributed by atoms with Crippen LogP contribution in [0.1, 0.15) is 45.3 Å². The zero-order chi connectivity index (χ0) is 23.3. The van der Waals surface area contributed by atoms with Gasteiger partial charge in [0.15, 0.2) is 5.96 Å². The Hall–Kier alpha value is -3.21. The summed E-state index contributed by atoms with van der Waals surface area (Å²) < 4.78 is 5.52. The summed E-state index contributed by atoms with van der Waals surface area (Å²) in [5.74, 6) is -0.0634. The first-order valence-corrected chi connectivity index (χ1v) is 11.2. The molecule has 0 aliphatic carbocycles. The van der Waals surface area contributed by atoms with E-state index >= 15 is 0 Å². The lowest BCUT2D eigenvalue weighted by molar-refractivity contribution is -0.110. The Morgan fingerprint density at radius 3 is 2.81 bits per heavy atom. The van der Waals surface area contributed by atoms with Crippen LogP contribution in [0.5, 0.6) is 0 Å². The van der Waals surface area contributed by atoms with Crippen molar-refractivity contribution in [3.63, 3.8) is 0 Å². The Morgan fingerprint density at radius 1 is 1.34 bits per heavy atom. The Balaban J connectivity index is 1.81. The van der Waals surface area contributed by atoms with Crippen LogP contribution in [0, 0.1) is 5.92 Å². The molecule has 1 aliphatic heterocycles. The summed E-state index contributed by atoms with van der Waals surface area (Å²) in [6, 6.07) is 5.21. The van der Waals surface area contributed by atoms with Gasteiger partial charge in [0.05, 0.1) is 17.4 Å². The first-order chi connectivity index (χ1) is 15.2. The fourth-order valence-electron chi connectivity index (χ4n) is 3.62. The lowest BCUT2D eigenvalue weighted by atomic mass is 9.88. The smallest absolute Gasteiger partial charge is 0.410 e. The van der Waals surface area contributed by atoms with Crippen molar-refractivity contribution in [3.05, 3.63) is 29.3 Å². The van der Waals surface area contributed by atoms with E-state index in [0.29, 0.717) is 41.7 Å². The molecule has 2 aromatic heterocycles. The second-order valence-electron chi connectivity index (χ2n) is 8.59. The number of aliphatic imine (C=N–C) groups is 1. The summed E-state index contributed by atoms with van der Waals surface area (Å²) in [5.41, 5.74) is 12.3. The molecular formula is C21H29N7O3S. The molecule has 0 spiro atoms. The van der Waals surface area contributed by atoms with Crippen molar-refractivity contribution < 1.29 is 14.3 Å². The first-order valence-electron chi connectivity index (χ1n) is 10.4. The zero-order valence-corrected chi connectivity index (χ0v) is 19.3. The Bertz CT molecular complexity index is 982. The molecule has 10 nitrogen and oxygen atoms in total. The van der Waals surface area contributed by atoms with E-state index in [9.17, 15) is 9.59 Å². The third-order valence-corrected chi connectivity index (χ3v) is 5.63. The highest BCUT2D eigenvalue weighted by atomic mass is 32.1. The topological polar surface area (TPSA) is 149 Å². The minimum absolute atomic E-state index is 0.00292. The van der Waals surface area contributed by atoms with Gasteiger partial charge in [-0.05, 0) is 45.7 Å². The molecule has 1 saturated heterocycles. The van der Waals surface area contributed by atoms with Crippen LogP contribution < -0.4 is 16.8 Å². The molecule has 3 heterocycles. The van der Waals surface area contributed by atoms with Gasteiger partial charge in [-0.15, -0.1) is 11.3 Å². The summed E-state index contributed by atoms with van der Waals surface area (Å²) in [7, 11) is 0. The number of nitrogens with zero attached hydrogens (tertiary/aromatic N) is 4. The van der Waals surface area contributed by atoms with Gasteiger partial charge in [0, 0.05) is 24.4 Å². The maximum Gasteiger partial charge on any atom is 0.410 e. The fraction of sp³-hybridized carbons (Fsp3) is 0.476. The molecule has 1 aliphatic rings. The average Bonchev–Trinajstić information content (AvgIpc) is 3.19. The van der Waals surface area contributed by atoms with Gasteiger partial charge >= 0.3 is 6.09 Å². The predicted octanol–water partition coefficient (Wildman–Crippen LogP) is 2.54. The number of thiazole rings is 1. The van der Waals surface area contributed by atoms with Gasteiger partial charge in [-0.2, -0.15) is 4.99 Å². The van der Waals surface area contributed by atoms with Crippen molar-refractivity contribution in [1.29, 1.82) is 0 Å². The molecule has 1 fully saturated rings. The van der Waals surface area contributed by atoms with Gasteiger partial charge in [-0.25, -0.2) is 14.8 Å². The molecule has 11 heteroatoms. The number of piperidine rings is 1. The highest BCUT2D eigenvalue weighted by Gasteiger charge is 2.33. The van der Waals surface area contributed by atoms with E-state index in [4.69, 9.17) is 21.2 Å². The molecular weight excluding hydrogens is 430 g/mol. The maximum atomic E-state index is 12.6. The molecule has 2 amide bonds. The lowest BCUT2D eigenvalue weighted by Gasteiger charge is -2.37.